The number of imidazole rings is 1. The number of aromatic nitrogens is 2. The smallest absolute Gasteiger partial charge is 0.303 e. The lowest BCUT2D eigenvalue weighted by Crippen LogP contribution is -2.03. The Kier molecular flexibility index (Phi) is 6.42. The van der Waals surface area contributed by atoms with E-state index in [9.17, 15) is 4.79 Å². The molecule has 140 valence electrons. The van der Waals surface area contributed by atoms with E-state index in [-0.39, 0.29) is 6.42 Å². The Hall–Kier alpha value is -2.88. The van der Waals surface area contributed by atoms with E-state index in [1.54, 1.807) is 0 Å². The van der Waals surface area contributed by atoms with Crippen molar-refractivity contribution < 1.29 is 9.90 Å². The summed E-state index contributed by atoms with van der Waals surface area (Å²) in [5.41, 5.74) is 4.47. The number of rotatable bonds is 9. The molecule has 0 spiro atoms. The van der Waals surface area contributed by atoms with E-state index in [4.69, 9.17) is 10.1 Å². The molecule has 0 fully saturated rings. The van der Waals surface area contributed by atoms with Gasteiger partial charge in [0.25, 0.3) is 0 Å². The zero-order valence-electron chi connectivity index (χ0n) is 15.8. The Morgan fingerprint density at radius 3 is 2.11 bits per heavy atom. The number of carboxylic acid groups (broad SMARTS) is 1. The van der Waals surface area contributed by atoms with Gasteiger partial charge in [-0.15, -0.1) is 0 Å². The van der Waals surface area contributed by atoms with Crippen LogP contribution in [0.2, 0.25) is 0 Å². The largest absolute Gasteiger partial charge is 0.481 e. The average Bonchev–Trinajstić information content (AvgIpc) is 3.02. The lowest BCUT2D eigenvalue weighted by Gasteiger charge is -2.12. The number of hydrogen-bond donors (Lipinski definition) is 1. The van der Waals surface area contributed by atoms with E-state index in [0.717, 1.165) is 55.0 Å². The molecule has 0 saturated heterocycles. The van der Waals surface area contributed by atoms with Crippen molar-refractivity contribution in [1.29, 1.82) is 0 Å². The van der Waals surface area contributed by atoms with Gasteiger partial charge in [-0.2, -0.15) is 0 Å². The summed E-state index contributed by atoms with van der Waals surface area (Å²) in [5.74, 6) is 0.303. The Balaban J connectivity index is 1.83. The summed E-state index contributed by atoms with van der Waals surface area (Å²) in [4.78, 5) is 15.5. The molecule has 0 saturated carbocycles. The molecule has 0 aliphatic rings. The van der Waals surface area contributed by atoms with Crippen molar-refractivity contribution in [2.45, 2.75) is 45.6 Å². The van der Waals surface area contributed by atoms with Crippen LogP contribution in [0.5, 0.6) is 0 Å². The number of nitrogens with zero attached hydrogens (tertiary/aromatic N) is 2. The average molecular weight is 362 g/mol. The summed E-state index contributed by atoms with van der Waals surface area (Å²) in [5, 5.41) is 8.75. The summed E-state index contributed by atoms with van der Waals surface area (Å²) in [6, 6.07) is 20.7. The van der Waals surface area contributed by atoms with Crippen molar-refractivity contribution in [3.05, 3.63) is 66.5 Å². The maximum atomic E-state index is 10.6. The van der Waals surface area contributed by atoms with E-state index in [2.05, 4.69) is 47.9 Å². The van der Waals surface area contributed by atoms with Gasteiger partial charge in [0, 0.05) is 24.1 Å². The van der Waals surface area contributed by atoms with Crippen LogP contribution in [0.15, 0.2) is 60.7 Å². The van der Waals surface area contributed by atoms with Crippen LogP contribution in [-0.4, -0.2) is 20.6 Å². The third-order valence-electron chi connectivity index (χ3n) is 4.78. The zero-order valence-corrected chi connectivity index (χ0v) is 15.8. The van der Waals surface area contributed by atoms with Crippen molar-refractivity contribution in [3.8, 4) is 22.5 Å². The highest BCUT2D eigenvalue weighted by Gasteiger charge is 2.17. The third-order valence-corrected chi connectivity index (χ3v) is 4.78. The van der Waals surface area contributed by atoms with Crippen LogP contribution in [0.1, 0.15) is 37.9 Å². The van der Waals surface area contributed by atoms with Gasteiger partial charge < -0.3 is 9.67 Å². The predicted octanol–water partition coefficient (Wildman–Crippen LogP) is 5.56. The molecule has 1 N–H and O–H groups in total. The first-order valence-corrected chi connectivity index (χ1v) is 9.56. The first-order valence-electron chi connectivity index (χ1n) is 9.56. The lowest BCUT2D eigenvalue weighted by atomic mass is 10.0. The maximum absolute atomic E-state index is 10.6. The number of hydrogen-bond acceptors (Lipinski definition) is 2. The maximum Gasteiger partial charge on any atom is 0.303 e. The molecular formula is C23H26N2O2. The zero-order chi connectivity index (χ0) is 19.1. The summed E-state index contributed by atoms with van der Waals surface area (Å²) < 4.78 is 2.30. The van der Waals surface area contributed by atoms with Crippen molar-refractivity contribution in [2.24, 2.45) is 0 Å². The Morgan fingerprint density at radius 2 is 1.48 bits per heavy atom. The molecule has 0 atom stereocenters. The highest BCUT2D eigenvalue weighted by molar-refractivity contribution is 5.79. The van der Waals surface area contributed by atoms with Crippen molar-refractivity contribution in [3.63, 3.8) is 0 Å². The molecule has 0 unspecified atom stereocenters. The minimum atomic E-state index is -0.709. The fourth-order valence-corrected chi connectivity index (χ4v) is 3.42. The molecule has 3 rings (SSSR count). The molecule has 0 aliphatic heterocycles. The number of unbranched alkanes of at least 4 members (excludes halogenated alkanes) is 3. The SMILES string of the molecule is Cc1nc(-c2ccccc2)c(-c2ccccc2)n1CCCCCCC(=O)O. The van der Waals surface area contributed by atoms with E-state index in [1.807, 2.05) is 24.3 Å². The fraction of sp³-hybridized carbons (Fsp3) is 0.304. The Morgan fingerprint density at radius 1 is 0.889 bits per heavy atom. The topological polar surface area (TPSA) is 55.1 Å². The van der Waals surface area contributed by atoms with Gasteiger partial charge in [0.05, 0.1) is 11.4 Å². The van der Waals surface area contributed by atoms with Crippen LogP contribution in [0.3, 0.4) is 0 Å². The van der Waals surface area contributed by atoms with E-state index < -0.39 is 5.97 Å². The van der Waals surface area contributed by atoms with Gasteiger partial charge >= 0.3 is 5.97 Å². The van der Waals surface area contributed by atoms with Crippen LogP contribution in [-0.2, 0) is 11.3 Å². The molecule has 1 heterocycles. The van der Waals surface area contributed by atoms with E-state index >= 15 is 0 Å². The van der Waals surface area contributed by atoms with Crippen molar-refractivity contribution >= 4 is 5.97 Å². The highest BCUT2D eigenvalue weighted by Crippen LogP contribution is 2.33. The van der Waals surface area contributed by atoms with Gasteiger partial charge in [-0.25, -0.2) is 4.98 Å². The van der Waals surface area contributed by atoms with Crippen LogP contribution < -0.4 is 0 Å². The molecule has 27 heavy (non-hydrogen) atoms. The first-order chi connectivity index (χ1) is 13.2. The number of aryl methyl sites for hydroxylation is 1. The van der Waals surface area contributed by atoms with Crippen molar-refractivity contribution in [2.75, 3.05) is 0 Å². The fourth-order valence-electron chi connectivity index (χ4n) is 3.42. The van der Waals surface area contributed by atoms with Crippen molar-refractivity contribution in [1.82, 2.24) is 9.55 Å². The third kappa shape index (κ3) is 4.85. The summed E-state index contributed by atoms with van der Waals surface area (Å²) in [7, 11) is 0. The Labute approximate surface area is 160 Å². The van der Waals surface area contributed by atoms with Gasteiger partial charge in [-0.05, 0) is 19.8 Å². The molecule has 3 aromatic rings. The molecule has 0 bridgehead atoms. The number of benzene rings is 2. The second-order valence-corrected chi connectivity index (χ2v) is 6.80. The minimum absolute atomic E-state index is 0.261. The van der Waals surface area contributed by atoms with Gasteiger partial charge in [0.1, 0.15) is 5.82 Å². The monoisotopic (exact) mass is 362 g/mol. The van der Waals surface area contributed by atoms with E-state index in [1.165, 1.54) is 5.56 Å². The molecule has 0 radical (unpaired) electrons. The number of carboxylic acids is 1. The predicted molar refractivity (Wildman–Crippen MR) is 109 cm³/mol. The molecule has 4 heteroatoms. The number of aliphatic carboxylic acids is 1. The Bertz CT molecular complexity index is 870. The van der Waals surface area contributed by atoms with Crippen LogP contribution in [0.25, 0.3) is 22.5 Å². The van der Waals surface area contributed by atoms with Crippen LogP contribution in [0.4, 0.5) is 0 Å². The second-order valence-electron chi connectivity index (χ2n) is 6.80. The highest BCUT2D eigenvalue weighted by atomic mass is 16.4. The van der Waals surface area contributed by atoms with Crippen LogP contribution in [0, 0.1) is 6.92 Å². The molecule has 1 aromatic heterocycles. The minimum Gasteiger partial charge on any atom is -0.481 e. The molecular weight excluding hydrogens is 336 g/mol. The lowest BCUT2D eigenvalue weighted by molar-refractivity contribution is -0.137. The normalized spacial score (nSPS) is 10.9. The van der Waals surface area contributed by atoms with Gasteiger partial charge in [-0.3, -0.25) is 4.79 Å². The summed E-state index contributed by atoms with van der Waals surface area (Å²) in [6.45, 7) is 2.95. The van der Waals surface area contributed by atoms with E-state index in [0.29, 0.717) is 0 Å². The first kappa shape index (κ1) is 18.9. The standard InChI is InChI=1S/C23H26N2O2/c1-18-24-22(19-12-6-4-7-13-19)23(20-14-8-5-9-15-20)25(18)17-11-3-2-10-16-21(26)27/h4-9,12-15H,2-3,10-11,16-17H2,1H3,(H,26,27). The molecule has 2 aromatic carbocycles. The molecule has 0 aliphatic carbocycles. The molecule has 4 nitrogen and oxygen atoms in total. The van der Waals surface area contributed by atoms with Gasteiger partial charge in [0.2, 0.25) is 0 Å². The number of carbonyl (C=O) groups is 1. The second kappa shape index (κ2) is 9.17. The van der Waals surface area contributed by atoms with Crippen LogP contribution >= 0.6 is 0 Å². The quantitative estimate of drug-likeness (QED) is 0.507. The van der Waals surface area contributed by atoms with Gasteiger partial charge in [-0.1, -0.05) is 73.5 Å². The van der Waals surface area contributed by atoms with Gasteiger partial charge in [0.15, 0.2) is 0 Å². The summed E-state index contributed by atoms with van der Waals surface area (Å²) >= 11 is 0. The molecule has 0 amide bonds. The summed E-state index contributed by atoms with van der Waals surface area (Å²) in [6.07, 6.45) is 4.01.